The second-order valence-electron chi connectivity index (χ2n) is 2.57. The van der Waals surface area contributed by atoms with Crippen LogP contribution in [0.25, 0.3) is 0 Å². The van der Waals surface area contributed by atoms with Gasteiger partial charge in [0.2, 0.25) is 0 Å². The molecule has 1 aromatic rings. The lowest BCUT2D eigenvalue weighted by atomic mass is 10.3. The van der Waals surface area contributed by atoms with Crippen molar-refractivity contribution in [3.8, 4) is 0 Å². The Morgan fingerprint density at radius 3 is 2.38 bits per heavy atom. The van der Waals surface area contributed by atoms with Crippen molar-refractivity contribution in [1.82, 2.24) is 4.98 Å². The molecule has 7 heteroatoms. The van der Waals surface area contributed by atoms with Crippen LogP contribution in [0.1, 0.15) is 10.4 Å². The predicted octanol–water partition coefficient (Wildman–Crippen LogP) is 3.86. The number of halogens is 4. The van der Waals surface area contributed by atoms with Gasteiger partial charge in [-0.25, -0.2) is 9.78 Å². The Hall–Kier alpha value is -0.480. The maximum absolute atomic E-state index is 11.4. The lowest BCUT2D eigenvalue weighted by Crippen LogP contribution is -2.01. The molecular weight excluding hydrogens is 296 g/mol. The van der Waals surface area contributed by atoms with Crippen molar-refractivity contribution >= 4 is 52.4 Å². The average molecular weight is 301 g/mol. The Kier molecular flexibility index (Phi) is 5.35. The van der Waals surface area contributed by atoms with Crippen molar-refractivity contribution in [3.63, 3.8) is 0 Å². The number of ether oxygens (including phenoxy) is 1. The molecular formula is C9H5Cl4NO2. The van der Waals surface area contributed by atoms with Gasteiger partial charge in [0.1, 0.15) is 15.1 Å². The molecule has 0 atom stereocenters. The normalized spacial score (nSPS) is 11.1. The minimum absolute atomic E-state index is 0.107. The molecule has 0 N–H and O–H groups in total. The highest BCUT2D eigenvalue weighted by Gasteiger charge is 2.09. The van der Waals surface area contributed by atoms with Crippen LogP contribution in [0.4, 0.5) is 0 Å². The van der Waals surface area contributed by atoms with E-state index in [1.807, 2.05) is 0 Å². The van der Waals surface area contributed by atoms with Crippen molar-refractivity contribution in [2.24, 2.45) is 0 Å². The van der Waals surface area contributed by atoms with Crippen LogP contribution in [-0.4, -0.2) is 15.8 Å². The highest BCUT2D eigenvalue weighted by atomic mass is 35.5. The van der Waals surface area contributed by atoms with E-state index < -0.39 is 10.8 Å². The van der Waals surface area contributed by atoms with E-state index in [0.29, 0.717) is 0 Å². The summed E-state index contributed by atoms with van der Waals surface area (Å²) in [5, 5.41) is 0.215. The van der Waals surface area contributed by atoms with Gasteiger partial charge in [0.05, 0.1) is 11.8 Å². The zero-order chi connectivity index (χ0) is 12.1. The van der Waals surface area contributed by atoms with E-state index in [1.165, 1.54) is 18.2 Å². The minimum atomic E-state index is -0.739. The Balaban J connectivity index is 2.73. The van der Waals surface area contributed by atoms with Crippen LogP contribution in [0, 0.1) is 0 Å². The first-order chi connectivity index (χ1) is 7.49. The topological polar surface area (TPSA) is 39.2 Å². The molecule has 16 heavy (non-hydrogen) atoms. The summed E-state index contributed by atoms with van der Waals surface area (Å²) in [4.78, 5) is 14.4. The molecule has 0 aliphatic heterocycles. The third kappa shape index (κ3) is 4.58. The van der Waals surface area contributed by atoms with Crippen LogP contribution in [0.2, 0.25) is 10.3 Å². The van der Waals surface area contributed by atoms with Gasteiger partial charge in [-0.3, -0.25) is 0 Å². The average Bonchev–Trinajstić information content (AvgIpc) is 2.15. The second-order valence-corrected chi connectivity index (χ2v) is 4.51. The van der Waals surface area contributed by atoms with E-state index in [0.717, 1.165) is 6.26 Å². The first-order valence-corrected chi connectivity index (χ1v) is 5.61. The van der Waals surface area contributed by atoms with Crippen LogP contribution < -0.4 is 0 Å². The van der Waals surface area contributed by atoms with E-state index in [-0.39, 0.29) is 15.9 Å². The standard InChI is InChI=1S/C9H5Cl4NO2/c10-6(11)1-2-16-9(15)5-3-7(12)14-8(13)4-5/h1-4,6H. The number of carbonyl (C=O) groups excluding carboxylic acids is 1. The fourth-order valence-electron chi connectivity index (χ4n) is 0.811. The summed E-state index contributed by atoms with van der Waals surface area (Å²) in [7, 11) is 0. The summed E-state index contributed by atoms with van der Waals surface area (Å²) < 4.78 is 4.72. The molecule has 0 amide bonds. The van der Waals surface area contributed by atoms with Crippen LogP contribution in [0.15, 0.2) is 24.5 Å². The quantitative estimate of drug-likeness (QED) is 0.368. The summed E-state index contributed by atoms with van der Waals surface area (Å²) >= 11 is 22.0. The third-order valence-electron chi connectivity index (χ3n) is 1.40. The molecule has 0 bridgehead atoms. The molecule has 1 aromatic heterocycles. The molecule has 86 valence electrons. The first-order valence-electron chi connectivity index (χ1n) is 3.98. The number of alkyl halides is 2. The number of nitrogens with zero attached hydrogens (tertiary/aromatic N) is 1. The molecule has 0 spiro atoms. The fraction of sp³-hybridized carbons (Fsp3) is 0.111. The van der Waals surface area contributed by atoms with Crippen molar-refractivity contribution in [2.75, 3.05) is 0 Å². The smallest absolute Gasteiger partial charge is 0.343 e. The van der Waals surface area contributed by atoms with Crippen LogP contribution in [-0.2, 0) is 4.74 Å². The Bertz CT molecular complexity index is 400. The number of rotatable bonds is 3. The van der Waals surface area contributed by atoms with Crippen molar-refractivity contribution in [2.45, 2.75) is 4.84 Å². The molecule has 0 radical (unpaired) electrons. The van der Waals surface area contributed by atoms with Gasteiger partial charge in [-0.1, -0.05) is 23.2 Å². The number of esters is 1. The highest BCUT2D eigenvalue weighted by Crippen LogP contribution is 2.15. The first kappa shape index (κ1) is 13.6. The highest BCUT2D eigenvalue weighted by molar-refractivity contribution is 6.45. The van der Waals surface area contributed by atoms with Crippen molar-refractivity contribution in [1.29, 1.82) is 0 Å². The molecule has 3 nitrogen and oxygen atoms in total. The lowest BCUT2D eigenvalue weighted by Gasteiger charge is -2.00. The largest absolute Gasteiger partial charge is 0.431 e. The Morgan fingerprint density at radius 1 is 1.31 bits per heavy atom. The summed E-state index contributed by atoms with van der Waals surface area (Å²) in [6.45, 7) is 0. The zero-order valence-electron chi connectivity index (χ0n) is 7.66. The van der Waals surface area contributed by atoms with Crippen LogP contribution in [0.5, 0.6) is 0 Å². The maximum atomic E-state index is 11.4. The van der Waals surface area contributed by atoms with Crippen molar-refractivity contribution in [3.05, 3.63) is 40.3 Å². The molecule has 0 aliphatic rings. The van der Waals surface area contributed by atoms with E-state index in [4.69, 9.17) is 51.1 Å². The number of hydrogen-bond donors (Lipinski definition) is 0. The third-order valence-corrected chi connectivity index (χ3v) is 2.08. The number of pyridine rings is 1. The molecule has 1 rings (SSSR count). The lowest BCUT2D eigenvalue weighted by molar-refractivity contribution is 0.0662. The Morgan fingerprint density at radius 2 is 1.88 bits per heavy atom. The van der Waals surface area contributed by atoms with Gasteiger partial charge in [-0.2, -0.15) is 0 Å². The fourth-order valence-corrected chi connectivity index (χ4v) is 1.39. The number of carbonyl (C=O) groups is 1. The van der Waals surface area contributed by atoms with Gasteiger partial charge >= 0.3 is 5.97 Å². The molecule has 1 heterocycles. The van der Waals surface area contributed by atoms with E-state index in [9.17, 15) is 4.79 Å². The second kappa shape index (κ2) is 6.30. The van der Waals surface area contributed by atoms with E-state index >= 15 is 0 Å². The van der Waals surface area contributed by atoms with Gasteiger partial charge in [-0.15, -0.1) is 23.2 Å². The molecule has 0 fully saturated rings. The van der Waals surface area contributed by atoms with Gasteiger partial charge in [0.15, 0.2) is 0 Å². The monoisotopic (exact) mass is 299 g/mol. The van der Waals surface area contributed by atoms with Gasteiger partial charge in [-0.05, 0) is 18.2 Å². The van der Waals surface area contributed by atoms with Gasteiger partial charge in [0, 0.05) is 0 Å². The molecule has 0 saturated heterocycles. The summed E-state index contributed by atoms with van der Waals surface area (Å²) in [6.07, 6.45) is 2.39. The summed E-state index contributed by atoms with van der Waals surface area (Å²) in [5.41, 5.74) is 0.190. The predicted molar refractivity (Wildman–Crippen MR) is 64.3 cm³/mol. The minimum Gasteiger partial charge on any atom is -0.431 e. The number of hydrogen-bond acceptors (Lipinski definition) is 3. The van der Waals surface area contributed by atoms with E-state index in [1.54, 1.807) is 0 Å². The SMILES string of the molecule is O=C(OC=CC(Cl)Cl)c1cc(Cl)nc(Cl)c1. The molecule has 0 aromatic carbocycles. The number of allylic oxidation sites excluding steroid dienone is 1. The molecule has 0 unspecified atom stereocenters. The maximum Gasteiger partial charge on any atom is 0.343 e. The zero-order valence-corrected chi connectivity index (χ0v) is 10.7. The van der Waals surface area contributed by atoms with E-state index in [2.05, 4.69) is 4.98 Å². The number of aromatic nitrogens is 1. The van der Waals surface area contributed by atoms with Crippen LogP contribution >= 0.6 is 46.4 Å². The Labute approximate surface area is 112 Å². The molecule has 0 aliphatic carbocycles. The van der Waals surface area contributed by atoms with Gasteiger partial charge < -0.3 is 4.74 Å². The summed E-state index contributed by atoms with van der Waals surface area (Å²) in [6, 6.07) is 2.67. The van der Waals surface area contributed by atoms with Gasteiger partial charge in [0.25, 0.3) is 0 Å². The summed E-state index contributed by atoms with van der Waals surface area (Å²) in [5.74, 6) is -0.628. The molecule has 0 saturated carbocycles. The van der Waals surface area contributed by atoms with Crippen LogP contribution in [0.3, 0.4) is 0 Å². The van der Waals surface area contributed by atoms with Crippen molar-refractivity contribution < 1.29 is 9.53 Å².